The lowest BCUT2D eigenvalue weighted by molar-refractivity contribution is -0.152. The summed E-state index contributed by atoms with van der Waals surface area (Å²) in [5, 5.41) is 9.90. The fraction of sp³-hybridized carbons (Fsp3) is 0.650. The Morgan fingerprint density at radius 3 is 2.36 bits per heavy atom. The van der Waals surface area contributed by atoms with Gasteiger partial charge in [0.2, 0.25) is 27.7 Å². The highest BCUT2D eigenvalue weighted by atomic mass is 32.2. The van der Waals surface area contributed by atoms with E-state index >= 15 is 0 Å². The minimum Gasteiger partial charge on any atom is -0.471 e. The van der Waals surface area contributed by atoms with Crippen LogP contribution >= 0.6 is 0 Å². The van der Waals surface area contributed by atoms with Gasteiger partial charge in [0.05, 0.1) is 28.6 Å². The number of ether oxygens (including phenoxy) is 2. The number of aromatic nitrogens is 2. The molecule has 0 unspecified atom stereocenters. The fourth-order valence-corrected chi connectivity index (χ4v) is 9.11. The third-order valence-electron chi connectivity index (χ3n) is 11.9. The summed E-state index contributed by atoms with van der Waals surface area (Å²) < 4.78 is 69.7. The summed E-state index contributed by atoms with van der Waals surface area (Å²) >= 11 is 0. The summed E-state index contributed by atoms with van der Waals surface area (Å²) in [6, 6.07) is 3.74. The van der Waals surface area contributed by atoms with Crippen molar-refractivity contribution >= 4 is 44.6 Å². The van der Waals surface area contributed by atoms with E-state index in [-0.39, 0.29) is 47.1 Å². The van der Waals surface area contributed by atoms with Crippen LogP contribution in [0.3, 0.4) is 0 Å². The number of allylic oxidation sites excluding steroid dienone is 1. The minimum absolute atomic E-state index is 0. The number of hydrogen-bond donors (Lipinski definition) is 3. The lowest BCUT2D eigenvalue weighted by atomic mass is 9.88. The third-order valence-corrected chi connectivity index (χ3v) is 13.7. The van der Waals surface area contributed by atoms with E-state index in [1.54, 1.807) is 51.1 Å². The highest BCUT2D eigenvalue weighted by molar-refractivity contribution is 7.91. The topological polar surface area (TPSA) is 195 Å². The zero-order chi connectivity index (χ0) is 42.5. The lowest BCUT2D eigenvalue weighted by Crippen LogP contribution is -2.59. The van der Waals surface area contributed by atoms with Crippen molar-refractivity contribution in [3.8, 4) is 5.88 Å². The van der Waals surface area contributed by atoms with Crippen molar-refractivity contribution in [3.63, 3.8) is 0 Å². The molecule has 6 rings (SSSR count). The SMILES string of the molecule is CC(C)n1nc(O[C@@H]2C[C@H]3C(=O)N[C@]4(C(=O)NS(=O)(=O)C5CC5)C[C@H]4/C=C\CC[C@@H](C)C[C@@H](C)[C@H](NC(=O)OC(C)(C)C(C)(F)F)C(=O)N3C2)c2ccccc2c1=O.[HH].[HH].[HH]. The number of nitrogens with zero attached hydrogens (tertiary/aromatic N) is 3. The summed E-state index contributed by atoms with van der Waals surface area (Å²) in [6.07, 6.45) is 4.01. The molecule has 324 valence electrons. The average Bonchev–Trinajstić information content (AvgIpc) is 4.06. The quantitative estimate of drug-likeness (QED) is 0.287. The second-order valence-corrected chi connectivity index (χ2v) is 19.3. The molecule has 58 heavy (non-hydrogen) atoms. The summed E-state index contributed by atoms with van der Waals surface area (Å²) in [5.74, 6) is -6.79. The van der Waals surface area contributed by atoms with Crippen molar-refractivity contribution in [1.82, 2.24) is 30.0 Å². The van der Waals surface area contributed by atoms with Gasteiger partial charge in [-0.25, -0.2) is 26.7 Å². The Kier molecular flexibility index (Phi) is 11.8. The standard InChI is InChI=1S/C40H54F2N6O9S.3H2/c1-22(2)48-34(50)29-15-11-10-14-28(29)33(45-48)56-26-19-30-32(49)44-40(36(52)46-58(54,55)27-16-17-27)20-25(40)13-9-8-12-23(3)18-24(4)31(35(51)47(30)21-26)43-37(53)57-38(5,6)39(7,41)42;;;/h9-11,13-15,22-27,30-31H,8,12,16-21H2,1-7H3,(H,43,53)(H,44,49)(H,46,52);3*1H/b13-9-;;;/t23-,24-,25-,26-,30+,31+,40-;;;/m1.../s1. The number of hydrogen-bond acceptors (Lipinski definition) is 10. The first-order valence-electron chi connectivity index (χ1n) is 20.0. The number of halogens is 2. The van der Waals surface area contributed by atoms with Crippen LogP contribution in [0.5, 0.6) is 5.88 Å². The molecule has 2 aromatic rings. The van der Waals surface area contributed by atoms with Gasteiger partial charge in [-0.2, -0.15) is 0 Å². The number of nitrogens with one attached hydrogen (secondary N) is 3. The van der Waals surface area contributed by atoms with Crippen molar-refractivity contribution in [1.29, 1.82) is 0 Å². The molecule has 3 N–H and O–H groups in total. The zero-order valence-corrected chi connectivity index (χ0v) is 34.7. The van der Waals surface area contributed by atoms with E-state index in [1.807, 2.05) is 13.0 Å². The summed E-state index contributed by atoms with van der Waals surface area (Å²) in [5.41, 5.74) is -4.19. The molecular formula is C40H60F2N6O9S. The first kappa shape index (κ1) is 43.0. The summed E-state index contributed by atoms with van der Waals surface area (Å²) in [7, 11) is -3.98. The predicted molar refractivity (Wildman–Crippen MR) is 216 cm³/mol. The fourth-order valence-electron chi connectivity index (χ4n) is 7.75. The van der Waals surface area contributed by atoms with Crippen LogP contribution in [0.1, 0.15) is 104 Å². The number of amides is 4. The number of alkyl halides is 2. The number of carbonyl (C=O) groups excluding carboxylic acids is 4. The molecule has 2 aliphatic carbocycles. The lowest BCUT2D eigenvalue weighted by Gasteiger charge is -2.35. The third kappa shape index (κ3) is 8.86. The Morgan fingerprint density at radius 2 is 1.72 bits per heavy atom. The highest BCUT2D eigenvalue weighted by Gasteiger charge is 2.62. The minimum atomic E-state index is -3.98. The van der Waals surface area contributed by atoms with Crippen molar-refractivity contribution in [2.75, 3.05) is 6.54 Å². The first-order chi connectivity index (χ1) is 27.0. The molecule has 3 fully saturated rings. The van der Waals surface area contributed by atoms with Gasteiger partial charge >= 0.3 is 6.09 Å². The second kappa shape index (κ2) is 15.9. The maximum absolute atomic E-state index is 14.8. The number of carbonyl (C=O) groups is 4. The first-order valence-corrected chi connectivity index (χ1v) is 21.5. The molecule has 1 aromatic carbocycles. The van der Waals surface area contributed by atoms with Crippen LogP contribution in [0.4, 0.5) is 13.6 Å². The summed E-state index contributed by atoms with van der Waals surface area (Å²) in [6.45, 7) is 9.81. The van der Waals surface area contributed by atoms with E-state index < -0.39 is 86.2 Å². The van der Waals surface area contributed by atoms with Crippen molar-refractivity contribution in [3.05, 3.63) is 46.8 Å². The van der Waals surface area contributed by atoms with E-state index in [0.717, 1.165) is 13.8 Å². The van der Waals surface area contributed by atoms with E-state index in [4.69, 9.17) is 9.47 Å². The molecule has 0 spiro atoms. The predicted octanol–water partition coefficient (Wildman–Crippen LogP) is 5.09. The average molecular weight is 839 g/mol. The smallest absolute Gasteiger partial charge is 0.408 e. The number of alkyl carbamates (subject to hydrolysis) is 1. The van der Waals surface area contributed by atoms with Gasteiger partial charge in [-0.3, -0.25) is 23.9 Å². The number of rotatable bonds is 9. The van der Waals surface area contributed by atoms with Gasteiger partial charge in [-0.1, -0.05) is 38.1 Å². The molecule has 18 heteroatoms. The van der Waals surface area contributed by atoms with Crippen LogP contribution in [0.15, 0.2) is 41.2 Å². The van der Waals surface area contributed by atoms with Gasteiger partial charge in [0.25, 0.3) is 17.4 Å². The maximum atomic E-state index is 14.8. The molecular weight excluding hydrogens is 779 g/mol. The molecule has 2 saturated carbocycles. The van der Waals surface area contributed by atoms with E-state index in [0.29, 0.717) is 49.8 Å². The van der Waals surface area contributed by atoms with Crippen molar-refractivity contribution in [2.24, 2.45) is 17.8 Å². The van der Waals surface area contributed by atoms with E-state index in [1.165, 1.54) is 9.58 Å². The van der Waals surface area contributed by atoms with Crippen LogP contribution in [0.25, 0.3) is 10.8 Å². The van der Waals surface area contributed by atoms with E-state index in [9.17, 15) is 41.2 Å². The molecule has 1 saturated heterocycles. The molecule has 7 atom stereocenters. The van der Waals surface area contributed by atoms with Crippen LogP contribution in [-0.4, -0.2) is 94.0 Å². The van der Waals surface area contributed by atoms with Gasteiger partial charge in [-0.05, 0) is 90.2 Å². The van der Waals surface area contributed by atoms with Gasteiger partial charge in [0.1, 0.15) is 23.7 Å². The van der Waals surface area contributed by atoms with Crippen molar-refractivity contribution < 1.29 is 50.1 Å². The maximum Gasteiger partial charge on any atom is 0.408 e. The molecule has 0 radical (unpaired) electrons. The Bertz CT molecular complexity index is 2170. The molecule has 4 amide bonds. The Balaban J connectivity index is 0.00000331. The largest absolute Gasteiger partial charge is 0.471 e. The van der Waals surface area contributed by atoms with Gasteiger partial charge in [-0.15, -0.1) is 5.10 Å². The molecule has 4 aliphatic rings. The monoisotopic (exact) mass is 838 g/mol. The Morgan fingerprint density at radius 1 is 1.05 bits per heavy atom. The number of fused-ring (bicyclic) bond motifs is 3. The van der Waals surface area contributed by atoms with Crippen LogP contribution in [0, 0.1) is 17.8 Å². The van der Waals surface area contributed by atoms with Gasteiger partial charge in [0.15, 0.2) is 5.60 Å². The number of sulfonamides is 1. The van der Waals surface area contributed by atoms with Crippen LogP contribution < -0.4 is 25.7 Å². The van der Waals surface area contributed by atoms with Crippen LogP contribution in [-0.2, 0) is 29.1 Å². The Hall–Kier alpha value is -4.61. The molecule has 2 aliphatic heterocycles. The Labute approximate surface area is 341 Å². The van der Waals surface area contributed by atoms with Gasteiger partial charge in [0, 0.05) is 23.5 Å². The molecule has 3 heterocycles. The highest BCUT2D eigenvalue weighted by Crippen LogP contribution is 2.46. The van der Waals surface area contributed by atoms with E-state index in [2.05, 4.69) is 20.5 Å². The van der Waals surface area contributed by atoms with Crippen molar-refractivity contribution in [2.45, 2.75) is 140 Å². The normalized spacial score (nSPS) is 29.0. The van der Waals surface area contributed by atoms with Crippen LogP contribution in [0.2, 0.25) is 0 Å². The molecule has 15 nitrogen and oxygen atoms in total. The zero-order valence-electron chi connectivity index (χ0n) is 33.9. The molecule has 1 aromatic heterocycles. The second-order valence-electron chi connectivity index (χ2n) is 17.4. The summed E-state index contributed by atoms with van der Waals surface area (Å²) in [4.78, 5) is 71.0. The number of benzene rings is 1. The van der Waals surface area contributed by atoms with Gasteiger partial charge < -0.3 is 25.0 Å². The molecule has 0 bridgehead atoms.